The van der Waals surface area contributed by atoms with Crippen molar-refractivity contribution in [2.45, 2.75) is 52.9 Å². The van der Waals surface area contributed by atoms with Gasteiger partial charge in [0.1, 0.15) is 0 Å². The summed E-state index contributed by atoms with van der Waals surface area (Å²) in [4.78, 5) is 5.05. The molecule has 0 radical (unpaired) electrons. The van der Waals surface area contributed by atoms with Crippen molar-refractivity contribution >= 4 is 16.7 Å². The van der Waals surface area contributed by atoms with Crippen molar-refractivity contribution in [3.63, 3.8) is 0 Å². The summed E-state index contributed by atoms with van der Waals surface area (Å²) < 4.78 is 0. The van der Waals surface area contributed by atoms with E-state index in [1.807, 2.05) is 12.3 Å². The molecule has 234 valence electrons. The Kier molecular flexibility index (Phi) is 9.16. The molecular weight excluding hydrogens is 567 g/mol. The van der Waals surface area contributed by atoms with Crippen LogP contribution in [0.25, 0.3) is 16.7 Å². The number of aromatic nitrogens is 1. The SMILES string of the molecule is CCC1/C=C2/C(c3ccccc3)=c3ccccc3=C(c3ccccc3)C2C(CC)CC(/C2=C/C=C\C=C(\C)CC2)=C\1c1ccccn1. The third kappa shape index (κ3) is 6.08. The molecule has 0 N–H and O–H groups in total. The first-order chi connectivity index (χ1) is 23.2. The van der Waals surface area contributed by atoms with Gasteiger partial charge in [-0.3, -0.25) is 4.98 Å². The van der Waals surface area contributed by atoms with E-state index in [1.54, 1.807) is 0 Å². The molecule has 0 saturated carbocycles. The van der Waals surface area contributed by atoms with E-state index in [9.17, 15) is 0 Å². The number of hydrogen-bond acceptors (Lipinski definition) is 1. The van der Waals surface area contributed by atoms with Crippen LogP contribution >= 0.6 is 0 Å². The summed E-state index contributed by atoms with van der Waals surface area (Å²) in [6.07, 6.45) is 19.0. The minimum Gasteiger partial charge on any atom is -0.257 e. The van der Waals surface area contributed by atoms with E-state index in [1.165, 1.54) is 60.6 Å². The molecule has 0 spiro atoms. The molecule has 0 fully saturated rings. The average Bonchev–Trinajstić information content (AvgIpc) is 3.11. The van der Waals surface area contributed by atoms with Gasteiger partial charge in [0.05, 0.1) is 5.69 Å². The van der Waals surface area contributed by atoms with Gasteiger partial charge in [-0.25, -0.2) is 0 Å². The van der Waals surface area contributed by atoms with Crippen LogP contribution in [0.15, 0.2) is 162 Å². The zero-order chi connectivity index (χ0) is 32.2. The predicted molar refractivity (Wildman–Crippen MR) is 199 cm³/mol. The standard InChI is InChI=1S/C46H45N/c1-4-33-31-41-43(36-20-8-6-9-21-36)38-24-14-15-25-39(38)46(37-22-10-7-11-23-37)45(41)34(5-2)30-40(44(33)42-26-16-17-29-47-42)35-19-13-12-18-32(3)27-28-35/h6-26,29,31,33-34,45H,4-5,27-28,30H2,1-3H3/b13-12-,32-18-,35-19+,41-31-,44-40-. The van der Waals surface area contributed by atoms with Gasteiger partial charge in [0.2, 0.25) is 0 Å². The number of fused-ring (bicyclic) bond motifs is 2. The molecule has 1 heterocycles. The Hall–Kier alpha value is -4.75. The highest BCUT2D eigenvalue weighted by atomic mass is 14.7. The Labute approximate surface area is 280 Å². The van der Waals surface area contributed by atoms with Gasteiger partial charge in [-0.05, 0) is 106 Å². The summed E-state index contributed by atoms with van der Waals surface area (Å²) in [5.41, 5.74) is 13.9. The average molecular weight is 612 g/mol. The van der Waals surface area contributed by atoms with Crippen LogP contribution in [0.4, 0.5) is 0 Å². The second kappa shape index (κ2) is 13.9. The van der Waals surface area contributed by atoms with Crippen LogP contribution in [0.1, 0.15) is 69.7 Å². The predicted octanol–water partition coefficient (Wildman–Crippen LogP) is 10.2. The third-order valence-electron chi connectivity index (χ3n) is 10.5. The Morgan fingerprint density at radius 1 is 0.660 bits per heavy atom. The molecule has 0 saturated heterocycles. The Balaban J connectivity index is 1.58. The molecule has 0 aliphatic heterocycles. The van der Waals surface area contributed by atoms with Gasteiger partial charge in [0.25, 0.3) is 0 Å². The molecule has 0 bridgehead atoms. The lowest BCUT2D eigenvalue weighted by atomic mass is 9.64. The summed E-state index contributed by atoms with van der Waals surface area (Å²) in [7, 11) is 0. The normalized spacial score (nSPS) is 26.9. The highest BCUT2D eigenvalue weighted by Gasteiger charge is 2.38. The van der Waals surface area contributed by atoms with E-state index in [4.69, 9.17) is 4.98 Å². The van der Waals surface area contributed by atoms with Crippen LogP contribution in [0.2, 0.25) is 0 Å². The van der Waals surface area contributed by atoms with Crippen LogP contribution in [-0.4, -0.2) is 4.98 Å². The lowest BCUT2D eigenvalue weighted by Crippen LogP contribution is -2.40. The van der Waals surface area contributed by atoms with E-state index >= 15 is 0 Å². The molecule has 47 heavy (non-hydrogen) atoms. The topological polar surface area (TPSA) is 12.9 Å². The van der Waals surface area contributed by atoms with Crippen LogP contribution in [0.5, 0.6) is 0 Å². The van der Waals surface area contributed by atoms with E-state index in [0.29, 0.717) is 5.92 Å². The Bertz CT molecular complexity index is 2020. The fraction of sp³-hybridized carbons (Fsp3) is 0.239. The van der Waals surface area contributed by atoms with Gasteiger partial charge in [0.15, 0.2) is 0 Å². The monoisotopic (exact) mass is 611 g/mol. The van der Waals surface area contributed by atoms with Crippen LogP contribution < -0.4 is 10.4 Å². The molecule has 3 aliphatic carbocycles. The van der Waals surface area contributed by atoms with Crippen LogP contribution in [-0.2, 0) is 0 Å². The van der Waals surface area contributed by atoms with Gasteiger partial charge in [-0.1, -0.05) is 147 Å². The lowest BCUT2D eigenvalue weighted by Gasteiger charge is -2.39. The van der Waals surface area contributed by atoms with Crippen molar-refractivity contribution in [2.75, 3.05) is 0 Å². The van der Waals surface area contributed by atoms with Crippen molar-refractivity contribution in [3.8, 4) is 0 Å². The first-order valence-corrected chi connectivity index (χ1v) is 17.5. The highest BCUT2D eigenvalue weighted by molar-refractivity contribution is 5.89. The maximum atomic E-state index is 5.05. The van der Waals surface area contributed by atoms with E-state index in [-0.39, 0.29) is 11.8 Å². The number of rotatable bonds is 6. The van der Waals surface area contributed by atoms with Gasteiger partial charge < -0.3 is 0 Å². The minimum atomic E-state index is 0.225. The smallest absolute Gasteiger partial charge is 0.0670 e. The molecule has 3 aromatic carbocycles. The van der Waals surface area contributed by atoms with Crippen molar-refractivity contribution in [1.29, 1.82) is 0 Å². The van der Waals surface area contributed by atoms with E-state index in [2.05, 4.69) is 148 Å². The summed E-state index contributed by atoms with van der Waals surface area (Å²) in [6.45, 7) is 7.03. The second-order valence-electron chi connectivity index (χ2n) is 13.3. The largest absolute Gasteiger partial charge is 0.257 e. The quantitative estimate of drug-likeness (QED) is 0.211. The summed E-state index contributed by atoms with van der Waals surface area (Å²) in [5, 5.41) is 2.71. The maximum Gasteiger partial charge on any atom is 0.0670 e. The number of pyridine rings is 1. The molecule has 0 amide bonds. The van der Waals surface area contributed by atoms with Crippen LogP contribution in [0.3, 0.4) is 0 Å². The van der Waals surface area contributed by atoms with Gasteiger partial charge in [-0.2, -0.15) is 0 Å². The highest BCUT2D eigenvalue weighted by Crippen LogP contribution is 2.50. The number of hydrogen-bond donors (Lipinski definition) is 0. The summed E-state index contributed by atoms with van der Waals surface area (Å²) in [6, 6.07) is 37.9. The zero-order valence-corrected chi connectivity index (χ0v) is 28.0. The van der Waals surface area contributed by atoms with E-state index < -0.39 is 0 Å². The van der Waals surface area contributed by atoms with E-state index in [0.717, 1.165) is 37.8 Å². The summed E-state index contributed by atoms with van der Waals surface area (Å²) >= 11 is 0. The van der Waals surface area contributed by atoms with Crippen molar-refractivity contribution in [1.82, 2.24) is 4.98 Å². The Morgan fingerprint density at radius 3 is 2.04 bits per heavy atom. The fourth-order valence-corrected chi connectivity index (χ4v) is 8.15. The van der Waals surface area contributed by atoms with Crippen LogP contribution in [0, 0.1) is 17.8 Å². The summed E-state index contributed by atoms with van der Waals surface area (Å²) in [5.74, 6) is 0.887. The first kappa shape index (κ1) is 30.9. The molecule has 3 unspecified atom stereocenters. The number of benzene rings is 3. The fourth-order valence-electron chi connectivity index (χ4n) is 8.15. The van der Waals surface area contributed by atoms with Crippen molar-refractivity contribution in [3.05, 3.63) is 189 Å². The first-order valence-electron chi connectivity index (χ1n) is 17.5. The zero-order valence-electron chi connectivity index (χ0n) is 28.0. The number of allylic oxidation sites excluding steroid dienone is 10. The number of nitrogens with zero attached hydrogens (tertiary/aromatic N) is 1. The second-order valence-corrected chi connectivity index (χ2v) is 13.3. The molecule has 1 nitrogen and oxygen atoms in total. The third-order valence-corrected chi connectivity index (χ3v) is 10.5. The lowest BCUT2D eigenvalue weighted by molar-refractivity contribution is 0.428. The van der Waals surface area contributed by atoms with Crippen molar-refractivity contribution in [2.24, 2.45) is 17.8 Å². The molecule has 3 aliphatic rings. The molecule has 1 aromatic heterocycles. The Morgan fingerprint density at radius 2 is 1.34 bits per heavy atom. The molecule has 4 aromatic rings. The van der Waals surface area contributed by atoms with Gasteiger partial charge in [0, 0.05) is 18.0 Å². The van der Waals surface area contributed by atoms with Gasteiger partial charge >= 0.3 is 0 Å². The van der Waals surface area contributed by atoms with Crippen molar-refractivity contribution < 1.29 is 0 Å². The van der Waals surface area contributed by atoms with Gasteiger partial charge in [-0.15, -0.1) is 0 Å². The molecular formula is C46H45N. The maximum absolute atomic E-state index is 5.05. The molecule has 1 heteroatoms. The minimum absolute atomic E-state index is 0.225. The molecule has 3 atom stereocenters. The molecule has 7 rings (SSSR count).